The Labute approximate surface area is 171 Å². The van der Waals surface area contributed by atoms with Crippen LogP contribution < -0.4 is 10.6 Å². The quantitative estimate of drug-likeness (QED) is 0.561. The van der Waals surface area contributed by atoms with E-state index in [0.29, 0.717) is 6.54 Å². The molecule has 3 aliphatic rings. The Morgan fingerprint density at radius 3 is 2.57 bits per heavy atom. The van der Waals surface area contributed by atoms with Crippen molar-refractivity contribution in [2.75, 3.05) is 57.9 Å². The number of guanidine groups is 1. The zero-order valence-corrected chi connectivity index (χ0v) is 17.5. The smallest absolute Gasteiger partial charge is 0.191 e. The number of benzene rings is 1. The summed E-state index contributed by atoms with van der Waals surface area (Å²) in [6, 6.07) is 7.17. The predicted octanol–water partition coefficient (Wildman–Crippen LogP) is 2.23. The molecule has 2 saturated heterocycles. The molecule has 2 heterocycles. The largest absolute Gasteiger partial charge is 0.379 e. The molecule has 2 aliphatic heterocycles. The maximum Gasteiger partial charge on any atom is 0.191 e. The van der Waals surface area contributed by atoms with Gasteiger partial charge in [-0.25, -0.2) is 4.39 Å². The lowest BCUT2D eigenvalue weighted by Crippen LogP contribution is -2.60. The van der Waals surface area contributed by atoms with E-state index in [1.165, 1.54) is 12.2 Å². The van der Waals surface area contributed by atoms with Gasteiger partial charge in [0.15, 0.2) is 5.96 Å². The first-order valence-corrected chi connectivity index (χ1v) is 11.4. The summed E-state index contributed by atoms with van der Waals surface area (Å²) in [5, 5.41) is 7.03. The third-order valence-corrected chi connectivity index (χ3v) is 7.70. The lowest BCUT2D eigenvalue weighted by atomic mass is 9.95. The molecule has 0 bridgehead atoms. The molecular weight excluding hydrogens is 375 g/mol. The summed E-state index contributed by atoms with van der Waals surface area (Å²) in [6.07, 6.45) is 3.24. The Balaban J connectivity index is 1.35. The number of aliphatic imine (C=N–C) groups is 1. The van der Waals surface area contributed by atoms with Crippen molar-refractivity contribution >= 4 is 17.7 Å². The summed E-state index contributed by atoms with van der Waals surface area (Å²) in [4.78, 5) is 7.02. The highest BCUT2D eigenvalue weighted by Gasteiger charge is 2.46. The van der Waals surface area contributed by atoms with Crippen molar-refractivity contribution in [2.24, 2.45) is 4.99 Å². The fraction of sp³-hybridized carbons (Fsp3) is 0.667. The number of nitrogens with one attached hydrogen (secondary N) is 2. The molecule has 154 valence electrons. The molecular formula is C21H31FN4OS. The molecule has 2 N–H and O–H groups in total. The van der Waals surface area contributed by atoms with Crippen LogP contribution in [0, 0.1) is 5.82 Å². The predicted molar refractivity (Wildman–Crippen MR) is 114 cm³/mol. The van der Waals surface area contributed by atoms with E-state index in [0.717, 1.165) is 63.0 Å². The molecule has 0 radical (unpaired) electrons. The van der Waals surface area contributed by atoms with Crippen LogP contribution in [-0.4, -0.2) is 74.3 Å². The van der Waals surface area contributed by atoms with Gasteiger partial charge in [-0.1, -0.05) is 18.2 Å². The van der Waals surface area contributed by atoms with Gasteiger partial charge in [0.25, 0.3) is 0 Å². The molecule has 1 saturated carbocycles. The van der Waals surface area contributed by atoms with Gasteiger partial charge in [0.1, 0.15) is 5.82 Å². The number of morpholine rings is 1. The van der Waals surface area contributed by atoms with Gasteiger partial charge in [-0.3, -0.25) is 9.89 Å². The molecule has 0 aromatic heterocycles. The fourth-order valence-electron chi connectivity index (χ4n) is 4.44. The number of nitrogens with zero attached hydrogens (tertiary/aromatic N) is 2. The van der Waals surface area contributed by atoms with Crippen LogP contribution in [0.2, 0.25) is 0 Å². The van der Waals surface area contributed by atoms with E-state index >= 15 is 0 Å². The summed E-state index contributed by atoms with van der Waals surface area (Å²) in [6.45, 7) is 5.25. The van der Waals surface area contributed by atoms with Crippen LogP contribution in [0.1, 0.15) is 24.8 Å². The molecule has 3 fully saturated rings. The van der Waals surface area contributed by atoms with Crippen LogP contribution in [0.4, 0.5) is 4.39 Å². The van der Waals surface area contributed by atoms with Crippen LogP contribution in [0.5, 0.6) is 0 Å². The SMILES string of the molecule is CN=C(NCC1(c2ccccc2F)CC1)NCC1(N2CCOCC2)CCSC1. The maximum absolute atomic E-state index is 14.2. The van der Waals surface area contributed by atoms with E-state index < -0.39 is 0 Å². The van der Waals surface area contributed by atoms with Crippen molar-refractivity contribution in [2.45, 2.75) is 30.2 Å². The van der Waals surface area contributed by atoms with E-state index in [1.54, 1.807) is 12.1 Å². The van der Waals surface area contributed by atoms with Crippen LogP contribution in [0.3, 0.4) is 0 Å². The molecule has 28 heavy (non-hydrogen) atoms. The first kappa shape index (κ1) is 20.0. The fourth-order valence-corrected chi connectivity index (χ4v) is 5.92. The summed E-state index contributed by atoms with van der Waals surface area (Å²) in [7, 11) is 1.81. The molecule has 4 rings (SSSR count). The normalized spacial score (nSPS) is 27.6. The van der Waals surface area contributed by atoms with Gasteiger partial charge >= 0.3 is 0 Å². The highest BCUT2D eigenvalue weighted by atomic mass is 32.2. The van der Waals surface area contributed by atoms with Crippen LogP contribution in [-0.2, 0) is 10.2 Å². The van der Waals surface area contributed by atoms with Crippen molar-refractivity contribution < 1.29 is 9.13 Å². The molecule has 0 amide bonds. The minimum atomic E-state index is -0.0982. The monoisotopic (exact) mass is 406 g/mol. The molecule has 1 unspecified atom stereocenters. The van der Waals surface area contributed by atoms with Crippen molar-refractivity contribution in [3.05, 3.63) is 35.6 Å². The van der Waals surface area contributed by atoms with Crippen molar-refractivity contribution in [1.29, 1.82) is 0 Å². The second-order valence-corrected chi connectivity index (χ2v) is 9.27. The zero-order valence-electron chi connectivity index (χ0n) is 16.7. The van der Waals surface area contributed by atoms with E-state index in [-0.39, 0.29) is 16.8 Å². The summed E-state index contributed by atoms with van der Waals surface area (Å²) in [5.74, 6) is 3.07. The van der Waals surface area contributed by atoms with Gasteiger partial charge in [0, 0.05) is 49.9 Å². The number of ether oxygens (including phenoxy) is 1. The first-order valence-electron chi connectivity index (χ1n) is 10.3. The van der Waals surface area contributed by atoms with Crippen molar-refractivity contribution in [3.63, 3.8) is 0 Å². The number of halogens is 1. The minimum Gasteiger partial charge on any atom is -0.379 e. The van der Waals surface area contributed by atoms with Crippen LogP contribution in [0.15, 0.2) is 29.3 Å². The van der Waals surface area contributed by atoms with E-state index in [9.17, 15) is 4.39 Å². The Hall–Kier alpha value is -1.31. The van der Waals surface area contributed by atoms with Gasteiger partial charge in [-0.2, -0.15) is 11.8 Å². The van der Waals surface area contributed by atoms with Crippen molar-refractivity contribution in [3.8, 4) is 0 Å². The average Bonchev–Trinajstić information content (AvgIpc) is 3.37. The number of hydrogen-bond acceptors (Lipinski definition) is 4. The van der Waals surface area contributed by atoms with Gasteiger partial charge in [0.2, 0.25) is 0 Å². The van der Waals surface area contributed by atoms with Gasteiger partial charge in [-0.05, 0) is 36.6 Å². The molecule has 1 aromatic carbocycles. The maximum atomic E-state index is 14.2. The van der Waals surface area contributed by atoms with E-state index in [2.05, 4.69) is 20.5 Å². The second kappa shape index (κ2) is 8.59. The zero-order chi connectivity index (χ0) is 19.5. The van der Waals surface area contributed by atoms with Crippen LogP contribution in [0.25, 0.3) is 0 Å². The summed E-state index contributed by atoms with van der Waals surface area (Å²) in [5.41, 5.74) is 0.915. The van der Waals surface area contributed by atoms with Gasteiger partial charge < -0.3 is 15.4 Å². The second-order valence-electron chi connectivity index (χ2n) is 8.17. The molecule has 7 heteroatoms. The van der Waals surface area contributed by atoms with Gasteiger partial charge in [0.05, 0.1) is 13.2 Å². The topological polar surface area (TPSA) is 48.9 Å². The highest BCUT2D eigenvalue weighted by Crippen LogP contribution is 2.48. The minimum absolute atomic E-state index is 0.0892. The highest BCUT2D eigenvalue weighted by molar-refractivity contribution is 7.99. The molecule has 0 spiro atoms. The Kier molecular flexibility index (Phi) is 6.13. The van der Waals surface area contributed by atoms with Crippen molar-refractivity contribution in [1.82, 2.24) is 15.5 Å². The lowest BCUT2D eigenvalue weighted by molar-refractivity contribution is -0.0120. The van der Waals surface area contributed by atoms with Crippen LogP contribution >= 0.6 is 11.8 Å². The molecule has 1 atom stereocenters. The standard InChI is InChI=1S/C21H31FN4OS/c1-23-19(24-14-20(6-7-20)17-4-2-3-5-18(17)22)25-15-21(8-13-28-16-21)26-9-11-27-12-10-26/h2-5H,6-16H2,1H3,(H2,23,24,25). The summed E-state index contributed by atoms with van der Waals surface area (Å²) >= 11 is 2.04. The van der Waals surface area contributed by atoms with E-state index in [4.69, 9.17) is 4.74 Å². The van der Waals surface area contributed by atoms with Gasteiger partial charge in [-0.15, -0.1) is 0 Å². The first-order chi connectivity index (χ1) is 13.7. The molecule has 1 aliphatic carbocycles. The molecule has 5 nitrogen and oxygen atoms in total. The summed E-state index contributed by atoms with van der Waals surface area (Å²) < 4.78 is 19.8. The average molecular weight is 407 g/mol. The Morgan fingerprint density at radius 1 is 1.18 bits per heavy atom. The Morgan fingerprint density at radius 2 is 1.93 bits per heavy atom. The third-order valence-electron chi connectivity index (χ3n) is 6.47. The number of thioether (sulfide) groups is 1. The number of rotatable bonds is 6. The molecule has 1 aromatic rings. The van der Waals surface area contributed by atoms with E-state index in [1.807, 2.05) is 30.9 Å². The third kappa shape index (κ3) is 4.16. The lowest BCUT2D eigenvalue weighted by Gasteiger charge is -2.43. The Bertz CT molecular complexity index is 697. The number of hydrogen-bond donors (Lipinski definition) is 2.